The molecule has 3 aromatic heterocycles. The fourth-order valence-electron chi connectivity index (χ4n) is 2.69. The van der Waals surface area contributed by atoms with Gasteiger partial charge in [0.05, 0.1) is 23.6 Å². The van der Waals surface area contributed by atoms with Crippen LogP contribution in [0.4, 0.5) is 10.6 Å². The fraction of sp³-hybridized carbons (Fsp3) is 0.0526. The van der Waals surface area contributed by atoms with Crippen LogP contribution in [0.3, 0.4) is 0 Å². The Morgan fingerprint density at radius 3 is 2.68 bits per heavy atom. The van der Waals surface area contributed by atoms with Crippen molar-refractivity contribution in [1.82, 2.24) is 25.1 Å². The number of carbonyl (C=O) groups excluding carboxylic acids is 1. The van der Waals surface area contributed by atoms with Crippen LogP contribution in [0.1, 0.15) is 5.56 Å². The zero-order valence-electron chi connectivity index (χ0n) is 14.4. The van der Waals surface area contributed by atoms with Crippen LogP contribution in [0.2, 0.25) is 10.0 Å². The van der Waals surface area contributed by atoms with Crippen molar-refractivity contribution in [2.45, 2.75) is 6.54 Å². The van der Waals surface area contributed by atoms with Gasteiger partial charge in [0.2, 0.25) is 0 Å². The molecule has 0 aliphatic heterocycles. The van der Waals surface area contributed by atoms with Crippen LogP contribution >= 0.6 is 23.2 Å². The second-order valence-electron chi connectivity index (χ2n) is 5.93. The number of hydrogen-bond donors (Lipinski definition) is 2. The summed E-state index contributed by atoms with van der Waals surface area (Å²) in [5, 5.41) is 11.7. The van der Waals surface area contributed by atoms with Crippen LogP contribution < -0.4 is 10.6 Å². The summed E-state index contributed by atoms with van der Waals surface area (Å²) in [6, 6.07) is 10.2. The number of benzene rings is 1. The molecule has 0 fully saturated rings. The van der Waals surface area contributed by atoms with Crippen molar-refractivity contribution in [3.05, 3.63) is 76.8 Å². The minimum absolute atomic E-state index is 0.268. The summed E-state index contributed by atoms with van der Waals surface area (Å²) < 4.78 is 1.76. The van der Waals surface area contributed by atoms with Gasteiger partial charge in [0.25, 0.3) is 0 Å². The molecule has 0 saturated carbocycles. The third-order valence-corrected chi connectivity index (χ3v) is 4.64. The Hall–Kier alpha value is -3.16. The maximum Gasteiger partial charge on any atom is 0.320 e. The zero-order valence-corrected chi connectivity index (χ0v) is 15.9. The molecule has 3 heterocycles. The third-order valence-electron chi connectivity index (χ3n) is 4.06. The van der Waals surface area contributed by atoms with Gasteiger partial charge in [-0.05, 0) is 35.9 Å². The van der Waals surface area contributed by atoms with E-state index < -0.39 is 0 Å². The molecule has 0 atom stereocenters. The number of fused-ring (bicyclic) bond motifs is 1. The summed E-state index contributed by atoms with van der Waals surface area (Å²) in [6.07, 6.45) is 6.77. The minimum atomic E-state index is -0.389. The average molecular weight is 413 g/mol. The molecule has 1 aromatic carbocycles. The average Bonchev–Trinajstić information content (AvgIpc) is 3.11. The van der Waals surface area contributed by atoms with Crippen LogP contribution in [-0.2, 0) is 6.54 Å². The van der Waals surface area contributed by atoms with E-state index in [1.165, 1.54) is 0 Å². The lowest BCUT2D eigenvalue weighted by Gasteiger charge is -2.09. The standard InChI is InChI=1S/C19H14Cl2N6O/c20-14-2-1-12(16(21)8-14)9-24-19(28)26-18-7-13-10-25-27(17(13)11-23-18)15-3-5-22-6-4-15/h1-8,10-11H,9H2,(H2,23,24,26,28). The van der Waals surface area contributed by atoms with Gasteiger partial charge in [0.1, 0.15) is 5.82 Å². The van der Waals surface area contributed by atoms with Gasteiger partial charge in [-0.2, -0.15) is 5.10 Å². The lowest BCUT2D eigenvalue weighted by atomic mass is 10.2. The lowest BCUT2D eigenvalue weighted by molar-refractivity contribution is 0.251. The smallest absolute Gasteiger partial charge is 0.320 e. The van der Waals surface area contributed by atoms with Crippen molar-refractivity contribution in [3.8, 4) is 5.69 Å². The summed E-state index contributed by atoms with van der Waals surface area (Å²) in [5.74, 6) is 0.418. The summed E-state index contributed by atoms with van der Waals surface area (Å²) >= 11 is 12.0. The molecule has 2 amide bonds. The zero-order chi connectivity index (χ0) is 19.5. The van der Waals surface area contributed by atoms with Crippen LogP contribution in [0.25, 0.3) is 16.6 Å². The molecule has 0 spiro atoms. The van der Waals surface area contributed by atoms with Crippen LogP contribution in [0, 0.1) is 0 Å². The van der Waals surface area contributed by atoms with Gasteiger partial charge < -0.3 is 5.32 Å². The van der Waals surface area contributed by atoms with Gasteiger partial charge in [-0.25, -0.2) is 14.5 Å². The number of pyridine rings is 2. The SMILES string of the molecule is O=C(NCc1ccc(Cl)cc1Cl)Nc1cc2cnn(-c3ccncc3)c2cn1. The second-order valence-corrected chi connectivity index (χ2v) is 6.78. The Balaban J connectivity index is 1.45. The Labute approximate surface area is 170 Å². The van der Waals surface area contributed by atoms with Crippen molar-refractivity contribution in [2.24, 2.45) is 0 Å². The highest BCUT2D eigenvalue weighted by atomic mass is 35.5. The van der Waals surface area contributed by atoms with Crippen LogP contribution in [0.15, 0.2) is 61.2 Å². The minimum Gasteiger partial charge on any atom is -0.334 e. The van der Waals surface area contributed by atoms with Crippen molar-refractivity contribution >= 4 is 46.0 Å². The molecule has 2 N–H and O–H groups in total. The first kappa shape index (κ1) is 18.2. The van der Waals surface area contributed by atoms with Gasteiger partial charge in [0, 0.05) is 34.4 Å². The third kappa shape index (κ3) is 3.90. The first-order chi connectivity index (χ1) is 13.6. The number of rotatable bonds is 4. The quantitative estimate of drug-likeness (QED) is 0.518. The molecule has 0 unspecified atom stereocenters. The Kier molecular flexibility index (Phi) is 5.10. The van der Waals surface area contributed by atoms with Crippen molar-refractivity contribution in [2.75, 3.05) is 5.32 Å². The van der Waals surface area contributed by atoms with Gasteiger partial charge in [-0.15, -0.1) is 0 Å². The number of hydrogen-bond acceptors (Lipinski definition) is 4. The van der Waals surface area contributed by atoms with E-state index in [9.17, 15) is 4.79 Å². The Morgan fingerprint density at radius 2 is 1.89 bits per heavy atom. The van der Waals surface area contributed by atoms with Crippen molar-refractivity contribution < 1.29 is 4.79 Å². The first-order valence-corrected chi connectivity index (χ1v) is 9.09. The Bertz CT molecular complexity index is 1150. The number of aromatic nitrogens is 4. The monoisotopic (exact) mass is 412 g/mol. The second kappa shape index (κ2) is 7.84. The van der Waals surface area contributed by atoms with Gasteiger partial charge in [0.15, 0.2) is 0 Å². The molecular formula is C19H14Cl2N6O. The predicted molar refractivity (Wildman–Crippen MR) is 109 cm³/mol. The molecule has 4 rings (SSSR count). The maximum absolute atomic E-state index is 12.2. The summed E-state index contributed by atoms with van der Waals surface area (Å²) in [5.41, 5.74) is 2.47. The normalized spacial score (nSPS) is 10.8. The fourth-order valence-corrected chi connectivity index (χ4v) is 3.16. The van der Waals surface area contributed by atoms with Crippen molar-refractivity contribution in [3.63, 3.8) is 0 Å². The lowest BCUT2D eigenvalue weighted by Crippen LogP contribution is -2.28. The molecule has 0 aliphatic carbocycles. The highest BCUT2D eigenvalue weighted by molar-refractivity contribution is 6.35. The van der Waals surface area contributed by atoms with E-state index in [1.54, 1.807) is 53.7 Å². The number of urea groups is 1. The number of nitrogens with one attached hydrogen (secondary N) is 2. The van der Waals surface area contributed by atoms with E-state index >= 15 is 0 Å². The van der Waals surface area contributed by atoms with Gasteiger partial charge in [-0.3, -0.25) is 10.3 Å². The highest BCUT2D eigenvalue weighted by Crippen LogP contribution is 2.21. The van der Waals surface area contributed by atoms with Gasteiger partial charge >= 0.3 is 6.03 Å². The molecule has 9 heteroatoms. The molecule has 140 valence electrons. The molecule has 0 radical (unpaired) electrons. The molecule has 0 saturated heterocycles. The largest absolute Gasteiger partial charge is 0.334 e. The maximum atomic E-state index is 12.2. The Morgan fingerprint density at radius 1 is 1.07 bits per heavy atom. The van der Waals surface area contributed by atoms with E-state index in [0.29, 0.717) is 15.9 Å². The number of nitrogens with zero attached hydrogens (tertiary/aromatic N) is 4. The van der Waals surface area contributed by atoms with Crippen LogP contribution in [0.5, 0.6) is 0 Å². The molecule has 7 nitrogen and oxygen atoms in total. The van der Waals surface area contributed by atoms with Crippen molar-refractivity contribution in [1.29, 1.82) is 0 Å². The number of amides is 2. The van der Waals surface area contributed by atoms with Gasteiger partial charge in [-0.1, -0.05) is 29.3 Å². The number of anilines is 1. The summed E-state index contributed by atoms with van der Waals surface area (Å²) in [6.45, 7) is 0.268. The van der Waals surface area contributed by atoms with E-state index in [-0.39, 0.29) is 12.6 Å². The van der Waals surface area contributed by atoms with Crippen LogP contribution in [-0.4, -0.2) is 25.8 Å². The molecule has 28 heavy (non-hydrogen) atoms. The molecular weight excluding hydrogens is 399 g/mol. The van der Waals surface area contributed by atoms with E-state index in [0.717, 1.165) is 22.2 Å². The molecule has 4 aromatic rings. The molecule has 0 aliphatic rings. The van der Waals surface area contributed by atoms with E-state index in [4.69, 9.17) is 23.2 Å². The topological polar surface area (TPSA) is 84.7 Å². The summed E-state index contributed by atoms with van der Waals surface area (Å²) in [7, 11) is 0. The van der Waals surface area contributed by atoms with E-state index in [1.807, 2.05) is 12.1 Å². The van der Waals surface area contributed by atoms with E-state index in [2.05, 4.69) is 25.7 Å². The number of halogens is 2. The number of carbonyl (C=O) groups is 1. The highest BCUT2D eigenvalue weighted by Gasteiger charge is 2.09. The predicted octanol–water partition coefficient (Wildman–Crippen LogP) is 4.44. The summed E-state index contributed by atoms with van der Waals surface area (Å²) in [4.78, 5) is 20.5. The molecule has 0 bridgehead atoms. The first-order valence-electron chi connectivity index (χ1n) is 8.33.